The van der Waals surface area contributed by atoms with Crippen LogP contribution in [0.4, 0.5) is 14.5 Å². The number of nitrogens with zero attached hydrogens (tertiary/aromatic N) is 2. The van der Waals surface area contributed by atoms with Gasteiger partial charge in [-0.2, -0.15) is 13.9 Å². The number of halogens is 2. The number of hydrazone groups is 1. The van der Waals surface area contributed by atoms with Gasteiger partial charge >= 0.3 is 12.3 Å². The number of benzene rings is 3. The topological polar surface area (TPSA) is 63.2 Å². The van der Waals surface area contributed by atoms with Gasteiger partial charge in [-0.05, 0) is 24.3 Å². The molecule has 160 valence electrons. The third-order valence-electron chi connectivity index (χ3n) is 6.03. The third-order valence-corrected chi connectivity index (χ3v) is 6.03. The zero-order chi connectivity index (χ0) is 21.9. The highest BCUT2D eigenvalue weighted by molar-refractivity contribution is 6.07. The maximum Gasteiger partial charge on any atom is 0.387 e. The molecule has 6 nitrogen and oxygen atoms in total. The molecule has 1 spiro atoms. The molecule has 32 heavy (non-hydrogen) atoms. The molecule has 0 saturated carbocycles. The summed E-state index contributed by atoms with van der Waals surface area (Å²) in [6, 6.07) is 21.1. The van der Waals surface area contributed by atoms with E-state index in [0.717, 1.165) is 5.56 Å². The Bertz CT molecular complexity index is 1280. The molecule has 1 amide bonds. The highest BCUT2D eigenvalue weighted by atomic mass is 19.3. The lowest BCUT2D eigenvalue weighted by Gasteiger charge is -2.43. The number of amides is 1. The molecule has 0 aromatic heterocycles. The van der Waals surface area contributed by atoms with Crippen LogP contribution in [-0.4, -0.2) is 23.2 Å². The normalized spacial score (nSPS) is 22.7. The number of nitrogens with one attached hydrogen (secondary N) is 1. The van der Waals surface area contributed by atoms with Crippen molar-refractivity contribution in [3.63, 3.8) is 0 Å². The van der Waals surface area contributed by atoms with E-state index in [0.29, 0.717) is 34.7 Å². The van der Waals surface area contributed by atoms with Gasteiger partial charge in [0.15, 0.2) is 0 Å². The molecule has 0 saturated heterocycles. The number of anilines is 1. The zero-order valence-electron chi connectivity index (χ0n) is 16.7. The Morgan fingerprint density at radius 2 is 1.81 bits per heavy atom. The minimum absolute atomic E-state index is 0.0422. The number of ether oxygens (including phenoxy) is 2. The van der Waals surface area contributed by atoms with Gasteiger partial charge in [0.2, 0.25) is 0 Å². The van der Waals surface area contributed by atoms with Crippen molar-refractivity contribution < 1.29 is 23.0 Å². The molecule has 3 aromatic rings. The molecule has 3 aliphatic heterocycles. The van der Waals surface area contributed by atoms with Crippen LogP contribution in [-0.2, 0) is 10.5 Å². The Kier molecular flexibility index (Phi) is 3.98. The van der Waals surface area contributed by atoms with Crippen LogP contribution >= 0.6 is 0 Å². The number of hydrogen-bond acceptors (Lipinski definition) is 5. The summed E-state index contributed by atoms with van der Waals surface area (Å²) in [7, 11) is 0. The van der Waals surface area contributed by atoms with E-state index >= 15 is 0 Å². The summed E-state index contributed by atoms with van der Waals surface area (Å²) >= 11 is 0. The molecule has 6 rings (SSSR count). The first kappa shape index (κ1) is 18.8. The van der Waals surface area contributed by atoms with Crippen molar-refractivity contribution >= 4 is 17.3 Å². The Morgan fingerprint density at radius 1 is 1.06 bits per heavy atom. The van der Waals surface area contributed by atoms with E-state index in [1.54, 1.807) is 23.2 Å². The van der Waals surface area contributed by atoms with E-state index in [4.69, 9.17) is 14.6 Å². The second-order valence-electron chi connectivity index (χ2n) is 7.77. The highest BCUT2D eigenvalue weighted by Gasteiger charge is 2.60. The van der Waals surface area contributed by atoms with Gasteiger partial charge in [-0.3, -0.25) is 4.79 Å². The Labute approximate surface area is 182 Å². The molecule has 8 heteroatoms. The van der Waals surface area contributed by atoms with E-state index in [2.05, 4.69) is 5.32 Å². The van der Waals surface area contributed by atoms with Crippen LogP contribution in [0.15, 0.2) is 77.9 Å². The highest BCUT2D eigenvalue weighted by Crippen LogP contribution is 2.54. The molecular formula is C24H17F2N3O3. The van der Waals surface area contributed by atoms with Crippen LogP contribution in [0.3, 0.4) is 0 Å². The van der Waals surface area contributed by atoms with Gasteiger partial charge in [-0.15, -0.1) is 0 Å². The fraction of sp³-hybridized carbons (Fsp3) is 0.167. The van der Waals surface area contributed by atoms with E-state index in [1.165, 1.54) is 6.07 Å². The fourth-order valence-corrected chi connectivity index (χ4v) is 4.71. The van der Waals surface area contributed by atoms with Crippen molar-refractivity contribution in [3.8, 4) is 11.5 Å². The quantitative estimate of drug-likeness (QED) is 0.654. The number of carbonyl (C=O) groups is 1. The van der Waals surface area contributed by atoms with Crippen LogP contribution < -0.4 is 14.8 Å². The van der Waals surface area contributed by atoms with Gasteiger partial charge < -0.3 is 14.8 Å². The van der Waals surface area contributed by atoms with E-state index in [1.807, 2.05) is 48.5 Å². The largest absolute Gasteiger partial charge is 0.453 e. The average molecular weight is 433 g/mol. The zero-order valence-corrected chi connectivity index (χ0v) is 16.7. The maximum absolute atomic E-state index is 13.3. The van der Waals surface area contributed by atoms with Crippen LogP contribution in [0.5, 0.6) is 11.5 Å². The monoisotopic (exact) mass is 433 g/mol. The van der Waals surface area contributed by atoms with Crippen LogP contribution in [0.25, 0.3) is 0 Å². The standard InChI is InChI=1S/C24H17F2N3O3/c25-23(26)31-20-11-5-1-7-14(20)18-13-19-15-8-2-6-12-21(15)32-24(29(19)28-18)16-9-3-4-10-17(16)27-22(24)30/h1-12,19,23H,13H2,(H,27,30)/t19-,24-/m0/s1. The summed E-state index contributed by atoms with van der Waals surface area (Å²) in [6.07, 6.45) is 0.404. The van der Waals surface area contributed by atoms with Gasteiger partial charge in [0.05, 0.1) is 23.0 Å². The second-order valence-corrected chi connectivity index (χ2v) is 7.77. The number of rotatable bonds is 3. The Morgan fingerprint density at radius 3 is 2.69 bits per heavy atom. The summed E-state index contributed by atoms with van der Waals surface area (Å²) in [5.74, 6) is 0.287. The van der Waals surface area contributed by atoms with Crippen molar-refractivity contribution in [2.45, 2.75) is 24.8 Å². The summed E-state index contributed by atoms with van der Waals surface area (Å²) in [5, 5.41) is 9.32. The third kappa shape index (κ3) is 2.55. The van der Waals surface area contributed by atoms with Gasteiger partial charge in [0.1, 0.15) is 11.5 Å². The molecule has 2 atom stereocenters. The lowest BCUT2D eigenvalue weighted by Crippen LogP contribution is -2.55. The van der Waals surface area contributed by atoms with Gasteiger partial charge in [-0.1, -0.05) is 48.5 Å². The predicted molar refractivity (Wildman–Crippen MR) is 113 cm³/mol. The van der Waals surface area contributed by atoms with E-state index in [-0.39, 0.29) is 17.7 Å². The van der Waals surface area contributed by atoms with Crippen molar-refractivity contribution in [3.05, 3.63) is 89.5 Å². The van der Waals surface area contributed by atoms with Crippen molar-refractivity contribution in [2.24, 2.45) is 5.10 Å². The van der Waals surface area contributed by atoms with E-state index < -0.39 is 12.3 Å². The first-order chi connectivity index (χ1) is 15.6. The Hall–Kier alpha value is -3.94. The summed E-state index contributed by atoms with van der Waals surface area (Å²) in [4.78, 5) is 13.3. The first-order valence-electron chi connectivity index (χ1n) is 10.2. The molecule has 0 radical (unpaired) electrons. The first-order valence-corrected chi connectivity index (χ1v) is 10.2. The summed E-state index contributed by atoms with van der Waals surface area (Å²) in [6.45, 7) is -2.95. The SMILES string of the molecule is O=C1Nc2ccccc2[C@]12Oc1ccccc1[C@@H]1CC(c3ccccc3OC(F)F)=NN12. The smallest absolute Gasteiger partial charge is 0.387 e. The number of fused-ring (bicyclic) bond motifs is 6. The maximum atomic E-state index is 13.3. The number of alkyl halides is 2. The minimum Gasteiger partial charge on any atom is -0.453 e. The molecule has 3 heterocycles. The predicted octanol–water partition coefficient (Wildman–Crippen LogP) is 4.64. The minimum atomic E-state index is -2.95. The summed E-state index contributed by atoms with van der Waals surface area (Å²) < 4.78 is 37.1. The molecular weight excluding hydrogens is 416 g/mol. The summed E-state index contributed by atoms with van der Waals surface area (Å²) in [5.41, 5.74) is 1.70. The molecule has 0 bridgehead atoms. The van der Waals surface area contributed by atoms with Crippen LogP contribution in [0, 0.1) is 0 Å². The van der Waals surface area contributed by atoms with Crippen molar-refractivity contribution in [2.75, 3.05) is 5.32 Å². The molecule has 3 aliphatic rings. The van der Waals surface area contributed by atoms with Gasteiger partial charge in [-0.25, -0.2) is 5.01 Å². The molecule has 0 aliphatic carbocycles. The molecule has 0 unspecified atom stereocenters. The van der Waals surface area contributed by atoms with Crippen LogP contribution in [0.1, 0.15) is 29.2 Å². The fourth-order valence-electron chi connectivity index (χ4n) is 4.71. The molecule has 3 aromatic carbocycles. The van der Waals surface area contributed by atoms with Crippen LogP contribution in [0.2, 0.25) is 0 Å². The number of hydrogen-bond donors (Lipinski definition) is 1. The molecule has 0 fully saturated rings. The Balaban J connectivity index is 1.54. The van der Waals surface area contributed by atoms with E-state index in [9.17, 15) is 13.6 Å². The van der Waals surface area contributed by atoms with Gasteiger partial charge in [0.25, 0.3) is 5.91 Å². The van der Waals surface area contributed by atoms with Crippen molar-refractivity contribution in [1.29, 1.82) is 0 Å². The average Bonchev–Trinajstić information content (AvgIpc) is 3.35. The number of carbonyl (C=O) groups excluding carboxylic acids is 1. The number of para-hydroxylation sites is 3. The lowest BCUT2D eigenvalue weighted by molar-refractivity contribution is -0.161. The lowest BCUT2D eigenvalue weighted by atomic mass is 9.92. The second kappa shape index (κ2) is 6.78. The van der Waals surface area contributed by atoms with Crippen molar-refractivity contribution in [1.82, 2.24) is 5.01 Å². The molecule has 1 N–H and O–H groups in total. The van der Waals surface area contributed by atoms with Gasteiger partial charge in [0, 0.05) is 17.5 Å².